The van der Waals surface area contributed by atoms with Crippen LogP contribution in [0.4, 0.5) is 0 Å². The Bertz CT molecular complexity index is 1140. The summed E-state index contributed by atoms with van der Waals surface area (Å²) in [6.07, 6.45) is 59.6. The second-order valence-electron chi connectivity index (χ2n) is 19.9. The molecule has 0 aromatic carbocycles. The summed E-state index contributed by atoms with van der Waals surface area (Å²) in [4.78, 5) is 23.2. The van der Waals surface area contributed by atoms with Crippen LogP contribution in [0.25, 0.3) is 0 Å². The van der Waals surface area contributed by atoms with E-state index in [1.54, 1.807) is 6.08 Å². The molecule has 0 saturated carbocycles. The monoisotopic (exact) mass is 924 g/mol. The van der Waals surface area contributed by atoms with Crippen LogP contribution < -0.4 is 5.32 Å². The van der Waals surface area contributed by atoms with Gasteiger partial charge in [-0.2, -0.15) is 0 Å². The van der Waals surface area contributed by atoms with Gasteiger partial charge in [0, 0.05) is 6.42 Å². The number of likely N-dealkylation sites (N-methyl/N-ethyl adjacent to an activating group) is 1. The molecule has 3 N–H and O–H groups in total. The molecule has 3 atom stereocenters. The normalized spacial score (nSPS) is 14.3. The lowest BCUT2D eigenvalue weighted by Gasteiger charge is -2.25. The standard InChI is InChI=1S/C55H107N2O6P/c1-6-8-10-12-14-16-18-20-22-23-24-25-26-27-28-29-30-31-32-33-35-37-39-41-43-45-47-49-55(59)56-53(52-63-64(60,61)62-51-50-57(3,4)5)54(58)48-46-44-42-40-38-36-34-21-19-17-15-13-11-9-7-2/h27-28,38,40,46,48,53-54,58H,6-26,29-37,39,41-45,47,49-52H2,1-5H3,(H-,56,59,60,61)/p+1/b28-27-,40-38+,48-46+. The minimum atomic E-state index is -4.35. The molecule has 0 saturated heterocycles. The molecule has 9 heteroatoms. The van der Waals surface area contributed by atoms with Crippen LogP contribution >= 0.6 is 7.82 Å². The van der Waals surface area contributed by atoms with Crippen molar-refractivity contribution in [2.45, 2.75) is 270 Å². The molecule has 0 aromatic rings. The average molecular weight is 924 g/mol. The van der Waals surface area contributed by atoms with Crippen molar-refractivity contribution in [2.75, 3.05) is 40.9 Å². The van der Waals surface area contributed by atoms with E-state index in [1.165, 1.54) is 199 Å². The van der Waals surface area contributed by atoms with Gasteiger partial charge < -0.3 is 19.8 Å². The molecule has 0 rings (SSSR count). The minimum Gasteiger partial charge on any atom is -0.387 e. The molecular weight excluding hydrogens is 816 g/mol. The second kappa shape index (κ2) is 46.8. The lowest BCUT2D eigenvalue weighted by molar-refractivity contribution is -0.870. The number of phosphoric acid groups is 1. The van der Waals surface area contributed by atoms with Gasteiger partial charge in [0.15, 0.2) is 0 Å². The molecule has 3 unspecified atom stereocenters. The van der Waals surface area contributed by atoms with Crippen molar-refractivity contribution in [3.8, 4) is 0 Å². The maximum Gasteiger partial charge on any atom is 0.472 e. The molecule has 378 valence electrons. The molecule has 0 aliphatic rings. The summed E-state index contributed by atoms with van der Waals surface area (Å²) >= 11 is 0. The molecule has 0 bridgehead atoms. The maximum absolute atomic E-state index is 12.9. The van der Waals surface area contributed by atoms with E-state index in [2.05, 4.69) is 43.5 Å². The molecule has 0 radical (unpaired) electrons. The summed E-state index contributed by atoms with van der Waals surface area (Å²) in [5.74, 6) is -0.186. The molecule has 1 amide bonds. The Kier molecular flexibility index (Phi) is 45.9. The van der Waals surface area contributed by atoms with Gasteiger partial charge in [0.05, 0.1) is 39.9 Å². The van der Waals surface area contributed by atoms with Crippen LogP contribution in [0, 0.1) is 0 Å². The number of nitrogens with one attached hydrogen (secondary N) is 1. The van der Waals surface area contributed by atoms with Crippen molar-refractivity contribution < 1.29 is 32.9 Å². The number of aliphatic hydroxyl groups excluding tert-OH is 1. The van der Waals surface area contributed by atoms with E-state index in [0.717, 1.165) is 38.5 Å². The molecule has 0 aliphatic carbocycles. The lowest BCUT2D eigenvalue weighted by Crippen LogP contribution is -2.45. The molecule has 0 fully saturated rings. The first kappa shape index (κ1) is 62.7. The summed E-state index contributed by atoms with van der Waals surface area (Å²) in [5.41, 5.74) is 0. The summed E-state index contributed by atoms with van der Waals surface area (Å²) in [6.45, 7) is 4.81. The fourth-order valence-electron chi connectivity index (χ4n) is 7.99. The van der Waals surface area contributed by atoms with Crippen molar-refractivity contribution in [2.24, 2.45) is 0 Å². The topological polar surface area (TPSA) is 105 Å². The van der Waals surface area contributed by atoms with Crippen molar-refractivity contribution in [1.82, 2.24) is 5.32 Å². The molecule has 64 heavy (non-hydrogen) atoms. The number of nitrogens with zero attached hydrogens (tertiary/aromatic N) is 1. The Morgan fingerprint density at radius 3 is 1.25 bits per heavy atom. The fraction of sp³-hybridized carbons (Fsp3) is 0.873. The highest BCUT2D eigenvalue weighted by Gasteiger charge is 2.27. The Morgan fingerprint density at radius 1 is 0.516 bits per heavy atom. The number of aliphatic hydroxyl groups is 1. The lowest BCUT2D eigenvalue weighted by atomic mass is 10.0. The molecule has 0 aromatic heterocycles. The number of unbranched alkanes of at least 4 members (excludes halogenated alkanes) is 33. The van der Waals surface area contributed by atoms with Crippen LogP contribution in [0.2, 0.25) is 0 Å². The number of hydrogen-bond acceptors (Lipinski definition) is 5. The average Bonchev–Trinajstić information content (AvgIpc) is 3.25. The fourth-order valence-corrected chi connectivity index (χ4v) is 8.73. The zero-order chi connectivity index (χ0) is 47.1. The van der Waals surface area contributed by atoms with Gasteiger partial charge in [-0.25, -0.2) is 4.57 Å². The largest absolute Gasteiger partial charge is 0.472 e. The highest BCUT2D eigenvalue weighted by molar-refractivity contribution is 7.47. The summed E-state index contributed by atoms with van der Waals surface area (Å²) in [5, 5.41) is 13.9. The Labute approximate surface area is 397 Å². The number of carbonyl (C=O) groups is 1. The summed E-state index contributed by atoms with van der Waals surface area (Å²) in [7, 11) is 1.56. The van der Waals surface area contributed by atoms with Crippen LogP contribution in [0.3, 0.4) is 0 Å². The summed E-state index contributed by atoms with van der Waals surface area (Å²) in [6, 6.07) is -0.862. The SMILES string of the molecule is CCCCCCCCCCC/C=C/CC/C=C/C(O)C(COP(=O)(O)OCC[N+](C)(C)C)NC(=O)CCCCCCCCCCCCC/C=C\CCCCCCCCCCCCCC. The van der Waals surface area contributed by atoms with Crippen LogP contribution in [0.15, 0.2) is 36.5 Å². The number of quaternary nitrogens is 1. The predicted octanol–water partition coefficient (Wildman–Crippen LogP) is 16.2. The van der Waals surface area contributed by atoms with E-state index < -0.39 is 20.0 Å². The quantitative estimate of drug-likeness (QED) is 0.0243. The van der Waals surface area contributed by atoms with Gasteiger partial charge in [-0.15, -0.1) is 0 Å². The van der Waals surface area contributed by atoms with Gasteiger partial charge in [-0.05, 0) is 57.8 Å². The molecular formula is C55H108N2O6P+. The van der Waals surface area contributed by atoms with Crippen LogP contribution in [-0.4, -0.2) is 73.4 Å². The van der Waals surface area contributed by atoms with Crippen molar-refractivity contribution >= 4 is 13.7 Å². The first-order valence-corrected chi connectivity index (χ1v) is 28.9. The predicted molar refractivity (Wildman–Crippen MR) is 277 cm³/mol. The van der Waals surface area contributed by atoms with Crippen molar-refractivity contribution in [1.29, 1.82) is 0 Å². The molecule has 0 heterocycles. The highest BCUT2D eigenvalue weighted by atomic mass is 31.2. The third-order valence-corrected chi connectivity index (χ3v) is 13.3. The zero-order valence-electron chi connectivity index (χ0n) is 43.0. The van der Waals surface area contributed by atoms with Crippen molar-refractivity contribution in [3.05, 3.63) is 36.5 Å². The molecule has 0 spiro atoms. The van der Waals surface area contributed by atoms with Crippen LogP contribution in [0.5, 0.6) is 0 Å². The maximum atomic E-state index is 12.9. The van der Waals surface area contributed by atoms with Gasteiger partial charge in [0.1, 0.15) is 13.2 Å². The number of allylic oxidation sites excluding steroid dienone is 5. The third kappa shape index (κ3) is 48.6. The second-order valence-corrected chi connectivity index (χ2v) is 21.4. The van der Waals surface area contributed by atoms with Gasteiger partial charge in [-0.3, -0.25) is 13.8 Å². The number of rotatable bonds is 50. The number of phosphoric ester groups is 1. The smallest absolute Gasteiger partial charge is 0.387 e. The number of amides is 1. The Balaban J connectivity index is 4.19. The number of carbonyl (C=O) groups excluding carboxylic acids is 1. The van der Waals surface area contributed by atoms with Crippen LogP contribution in [-0.2, 0) is 18.4 Å². The Morgan fingerprint density at radius 2 is 0.859 bits per heavy atom. The zero-order valence-corrected chi connectivity index (χ0v) is 43.9. The molecule has 8 nitrogen and oxygen atoms in total. The Hall–Kier alpha value is -1.28. The van der Waals surface area contributed by atoms with Gasteiger partial charge >= 0.3 is 7.82 Å². The van der Waals surface area contributed by atoms with Crippen molar-refractivity contribution in [3.63, 3.8) is 0 Å². The van der Waals surface area contributed by atoms with E-state index in [4.69, 9.17) is 9.05 Å². The molecule has 0 aliphatic heterocycles. The van der Waals surface area contributed by atoms with Crippen LogP contribution in [0.1, 0.15) is 258 Å². The first-order valence-electron chi connectivity index (χ1n) is 27.4. The van der Waals surface area contributed by atoms with E-state index in [1.807, 2.05) is 27.2 Å². The third-order valence-electron chi connectivity index (χ3n) is 12.3. The highest BCUT2D eigenvalue weighted by Crippen LogP contribution is 2.43. The van der Waals surface area contributed by atoms with Gasteiger partial charge in [0.2, 0.25) is 5.91 Å². The van der Waals surface area contributed by atoms with E-state index in [-0.39, 0.29) is 19.1 Å². The van der Waals surface area contributed by atoms with E-state index in [9.17, 15) is 19.4 Å². The van der Waals surface area contributed by atoms with E-state index >= 15 is 0 Å². The first-order chi connectivity index (χ1) is 31.0. The van der Waals surface area contributed by atoms with Gasteiger partial charge in [0.25, 0.3) is 0 Å². The minimum absolute atomic E-state index is 0.0566. The van der Waals surface area contributed by atoms with Gasteiger partial charge in [-0.1, -0.05) is 230 Å². The number of hydrogen-bond donors (Lipinski definition) is 3. The summed E-state index contributed by atoms with van der Waals surface area (Å²) < 4.78 is 23.6. The van der Waals surface area contributed by atoms with E-state index in [0.29, 0.717) is 17.4 Å².